The number of benzene rings is 5. The van der Waals surface area contributed by atoms with Crippen LogP contribution in [0.4, 0.5) is 10.1 Å². The van der Waals surface area contributed by atoms with E-state index in [1.54, 1.807) is 53.1 Å². The zero-order valence-electron chi connectivity index (χ0n) is 35.3. The number of pyridine rings is 2. The van der Waals surface area contributed by atoms with Gasteiger partial charge in [-0.05, 0) is 84.6 Å². The monoisotopic (exact) mass is 883 g/mol. The summed E-state index contributed by atoms with van der Waals surface area (Å²) in [6.07, 6.45) is 1.11. The molecule has 17 heteroatoms. The average Bonchev–Trinajstić information content (AvgIpc) is 3.99. The molecule has 4 aliphatic rings. The normalized spacial score (nSPS) is 13.4. The van der Waals surface area contributed by atoms with E-state index in [0.29, 0.717) is 93.7 Å². The molecule has 0 radical (unpaired) electrons. The van der Waals surface area contributed by atoms with Gasteiger partial charge >= 0.3 is 5.97 Å². The van der Waals surface area contributed by atoms with Crippen LogP contribution in [-0.4, -0.2) is 68.1 Å². The molecule has 1 amide bonds. The standard InChI is InChI=1S/C27H21FN2O6.C21H17NO7/c1-33-19-8-7-15-22(26(31)29-18-6-4-3-5-17(18)28)24-16-12-21-20(35-13-36-21)11-14(16)9-10-30(24)27(32)23(15)25(19)34-2;1-26-13-4-3-11-16(21(24)25)18-12-8-15-14(28-9-29-15)7-10(12)5-6-22(18)20(23)17(11)19(13)27-2/h3-8,11-12H,9-10,13H2,1-2H3,(H,29,31);3-4,7-8H,5-6,9H2,1-2H3,(H,24,25). The summed E-state index contributed by atoms with van der Waals surface area (Å²) >= 11 is 0. The lowest BCUT2D eigenvalue weighted by Gasteiger charge is -2.26. The number of para-hydroxylation sites is 1. The average molecular weight is 884 g/mol. The number of anilines is 1. The Hall–Kier alpha value is -8.21. The Labute approximate surface area is 367 Å². The largest absolute Gasteiger partial charge is 0.493 e. The molecule has 4 aliphatic heterocycles. The van der Waals surface area contributed by atoms with E-state index in [-0.39, 0.29) is 63.8 Å². The minimum absolute atomic E-state index is 0.0304. The number of carboxylic acid groups (broad SMARTS) is 1. The van der Waals surface area contributed by atoms with E-state index in [1.807, 2.05) is 12.1 Å². The summed E-state index contributed by atoms with van der Waals surface area (Å²) in [5, 5.41) is 13.8. The number of methoxy groups -OCH3 is 4. The quantitative estimate of drug-likeness (QED) is 0.167. The SMILES string of the molecule is COc1ccc2c(C(=O)Nc3ccccc3F)c3n(c(=O)c2c1OC)CCc1cc2c(cc1-3)OCO2.COc1ccc2c(C(=O)O)c3n(c(=O)c2c1OC)CCc1cc2c(cc1-3)OCO2. The van der Waals surface area contributed by atoms with E-state index in [2.05, 4.69) is 5.32 Å². The van der Waals surface area contributed by atoms with Crippen molar-refractivity contribution >= 4 is 39.1 Å². The van der Waals surface area contributed by atoms with Crippen LogP contribution in [-0.2, 0) is 25.9 Å². The van der Waals surface area contributed by atoms with E-state index < -0.39 is 17.7 Å². The van der Waals surface area contributed by atoms with Crippen molar-refractivity contribution in [1.29, 1.82) is 0 Å². The molecule has 0 spiro atoms. The highest BCUT2D eigenvalue weighted by atomic mass is 19.1. The van der Waals surface area contributed by atoms with Gasteiger partial charge in [-0.15, -0.1) is 0 Å². The van der Waals surface area contributed by atoms with Crippen molar-refractivity contribution < 1.29 is 57.0 Å². The van der Waals surface area contributed by atoms with Crippen LogP contribution in [0.25, 0.3) is 44.1 Å². The van der Waals surface area contributed by atoms with E-state index in [0.717, 1.165) is 11.1 Å². The summed E-state index contributed by atoms with van der Waals surface area (Å²) in [5.74, 6) is 1.24. The summed E-state index contributed by atoms with van der Waals surface area (Å²) < 4.78 is 61.2. The molecular weight excluding hydrogens is 846 g/mol. The molecule has 11 rings (SSSR count). The van der Waals surface area contributed by atoms with Crippen LogP contribution >= 0.6 is 0 Å². The Balaban J connectivity index is 0.000000157. The summed E-state index contributed by atoms with van der Waals surface area (Å²) in [6.45, 7) is 0.889. The van der Waals surface area contributed by atoms with Gasteiger partial charge in [0.15, 0.2) is 46.0 Å². The van der Waals surface area contributed by atoms with Crippen molar-refractivity contribution in [3.8, 4) is 68.5 Å². The third-order valence-electron chi connectivity index (χ3n) is 12.0. The van der Waals surface area contributed by atoms with E-state index in [4.69, 9.17) is 37.9 Å². The second-order valence-electron chi connectivity index (χ2n) is 15.3. The number of nitrogens with one attached hydrogen (secondary N) is 1. The van der Waals surface area contributed by atoms with Gasteiger partial charge in [-0.25, -0.2) is 9.18 Å². The lowest BCUT2D eigenvalue weighted by Crippen LogP contribution is -2.30. The van der Waals surface area contributed by atoms with Crippen molar-refractivity contribution in [1.82, 2.24) is 9.13 Å². The Kier molecular flexibility index (Phi) is 9.96. The van der Waals surface area contributed by atoms with Gasteiger partial charge in [0, 0.05) is 35.0 Å². The second-order valence-corrected chi connectivity index (χ2v) is 15.3. The van der Waals surface area contributed by atoms with Gasteiger partial charge in [0.05, 0.1) is 67.4 Å². The predicted molar refractivity (Wildman–Crippen MR) is 234 cm³/mol. The summed E-state index contributed by atoms with van der Waals surface area (Å²) in [5.41, 5.74) is 3.60. The molecule has 0 aliphatic carbocycles. The third kappa shape index (κ3) is 6.40. The fourth-order valence-electron chi connectivity index (χ4n) is 9.16. The first-order valence-electron chi connectivity index (χ1n) is 20.3. The smallest absolute Gasteiger partial charge is 0.338 e. The molecule has 330 valence electrons. The number of carboxylic acids is 1. The zero-order valence-corrected chi connectivity index (χ0v) is 35.3. The number of carbonyl (C=O) groups is 2. The first kappa shape index (κ1) is 40.8. The topological polar surface area (TPSA) is 184 Å². The van der Waals surface area contributed by atoms with Gasteiger partial charge in [0.2, 0.25) is 13.6 Å². The van der Waals surface area contributed by atoms with Crippen LogP contribution in [0.2, 0.25) is 0 Å². The molecule has 0 bridgehead atoms. The number of rotatable bonds is 7. The highest BCUT2D eigenvalue weighted by Crippen LogP contribution is 2.46. The number of hydrogen-bond acceptors (Lipinski definition) is 12. The number of carbonyl (C=O) groups excluding carboxylic acids is 1. The Morgan fingerprint density at radius 1 is 0.631 bits per heavy atom. The highest BCUT2D eigenvalue weighted by molar-refractivity contribution is 6.18. The van der Waals surface area contributed by atoms with Crippen molar-refractivity contribution in [2.45, 2.75) is 25.9 Å². The number of ether oxygens (including phenoxy) is 8. The molecule has 16 nitrogen and oxygen atoms in total. The molecule has 65 heavy (non-hydrogen) atoms. The number of aromatic nitrogens is 2. The third-order valence-corrected chi connectivity index (χ3v) is 12.0. The summed E-state index contributed by atoms with van der Waals surface area (Å²) in [6, 6.07) is 19.7. The number of amides is 1. The fourth-order valence-corrected chi connectivity index (χ4v) is 9.16. The van der Waals surface area contributed by atoms with Gasteiger partial charge < -0.3 is 57.5 Å². The molecule has 0 atom stereocenters. The van der Waals surface area contributed by atoms with E-state index in [9.17, 15) is 28.7 Å². The second kappa shape index (κ2) is 15.9. The number of aromatic carboxylic acids is 1. The predicted octanol–water partition coefficient (Wildman–Crippen LogP) is 7.03. The maximum atomic E-state index is 14.5. The van der Waals surface area contributed by atoms with Gasteiger partial charge in [0.25, 0.3) is 17.0 Å². The molecule has 0 unspecified atom stereocenters. The van der Waals surface area contributed by atoms with Gasteiger partial charge in [0.1, 0.15) is 5.82 Å². The van der Waals surface area contributed by atoms with Gasteiger partial charge in [-0.2, -0.15) is 0 Å². The first-order valence-corrected chi connectivity index (χ1v) is 20.3. The minimum atomic E-state index is -1.13. The maximum absolute atomic E-state index is 14.5. The van der Waals surface area contributed by atoms with Crippen LogP contribution in [0.15, 0.2) is 82.4 Å². The molecule has 0 saturated carbocycles. The van der Waals surface area contributed by atoms with Crippen molar-refractivity contribution in [3.05, 3.63) is 122 Å². The molecule has 5 aromatic carbocycles. The van der Waals surface area contributed by atoms with Crippen molar-refractivity contribution in [3.63, 3.8) is 0 Å². The first-order chi connectivity index (χ1) is 31.6. The van der Waals surface area contributed by atoms with Crippen LogP contribution < -0.4 is 54.3 Å². The lowest BCUT2D eigenvalue weighted by atomic mass is 9.90. The molecule has 0 saturated heterocycles. The highest BCUT2D eigenvalue weighted by Gasteiger charge is 2.33. The van der Waals surface area contributed by atoms with Crippen LogP contribution in [0.1, 0.15) is 31.8 Å². The molecule has 6 heterocycles. The number of fused-ring (bicyclic) bond motifs is 10. The number of hydrogen-bond donors (Lipinski definition) is 2. The molecular formula is C48H38FN3O13. The van der Waals surface area contributed by atoms with Gasteiger partial charge in [-0.3, -0.25) is 14.4 Å². The van der Waals surface area contributed by atoms with Crippen LogP contribution in [0, 0.1) is 5.82 Å². The van der Waals surface area contributed by atoms with Gasteiger partial charge in [-0.1, -0.05) is 12.1 Å². The number of aryl methyl sites for hydroxylation is 2. The summed E-state index contributed by atoms with van der Waals surface area (Å²) in [4.78, 5) is 53.4. The lowest BCUT2D eigenvalue weighted by molar-refractivity contribution is 0.0698. The molecule has 7 aromatic rings. The molecule has 2 aromatic heterocycles. The Morgan fingerprint density at radius 3 is 1.55 bits per heavy atom. The van der Waals surface area contributed by atoms with Crippen molar-refractivity contribution in [2.75, 3.05) is 47.3 Å². The Bertz CT molecular complexity index is 3320. The van der Waals surface area contributed by atoms with E-state index >= 15 is 0 Å². The van der Waals surface area contributed by atoms with Crippen molar-refractivity contribution in [2.24, 2.45) is 0 Å². The van der Waals surface area contributed by atoms with E-state index in [1.165, 1.54) is 45.1 Å². The molecule has 0 fully saturated rings. The Morgan fingerprint density at radius 2 is 1.09 bits per heavy atom. The van der Waals surface area contributed by atoms with Crippen LogP contribution in [0.3, 0.4) is 0 Å². The number of nitrogens with zero attached hydrogens (tertiary/aromatic N) is 2. The maximum Gasteiger partial charge on any atom is 0.338 e. The fraction of sp³-hybridized carbons (Fsp3) is 0.208. The molecule has 2 N–H and O–H groups in total. The van der Waals surface area contributed by atoms with Crippen LogP contribution in [0.5, 0.6) is 46.0 Å². The zero-order chi connectivity index (χ0) is 45.3. The minimum Gasteiger partial charge on any atom is -0.493 e. The number of halogens is 1. The summed E-state index contributed by atoms with van der Waals surface area (Å²) in [7, 11) is 5.81.